The molecule has 3 nitrogen and oxygen atoms in total. The van der Waals surface area contributed by atoms with Crippen molar-refractivity contribution in [3.63, 3.8) is 0 Å². The van der Waals surface area contributed by atoms with Crippen LogP contribution in [0.3, 0.4) is 0 Å². The van der Waals surface area contributed by atoms with E-state index >= 15 is 0 Å². The van der Waals surface area contributed by atoms with Gasteiger partial charge < -0.3 is 10.4 Å². The van der Waals surface area contributed by atoms with E-state index in [1.807, 2.05) is 20.1 Å². The molecule has 0 aliphatic heterocycles. The summed E-state index contributed by atoms with van der Waals surface area (Å²) in [6.07, 6.45) is 1.95. The van der Waals surface area contributed by atoms with Gasteiger partial charge in [-0.05, 0) is 37.8 Å². The maximum Gasteiger partial charge on any atom is 0.141 e. The van der Waals surface area contributed by atoms with Crippen molar-refractivity contribution in [1.29, 1.82) is 5.26 Å². The molecule has 0 radical (unpaired) electrons. The number of thioether (sulfide) groups is 1. The molecule has 0 aliphatic rings. The van der Waals surface area contributed by atoms with Crippen LogP contribution in [0.1, 0.15) is 31.0 Å². The molecule has 19 heavy (non-hydrogen) atoms. The first kappa shape index (κ1) is 16.0. The van der Waals surface area contributed by atoms with Crippen molar-refractivity contribution in [3.8, 4) is 6.07 Å². The van der Waals surface area contributed by atoms with Gasteiger partial charge in [0.05, 0.1) is 12.2 Å². The molecule has 0 aromatic heterocycles. The summed E-state index contributed by atoms with van der Waals surface area (Å²) in [5.74, 6) is -0.495. The maximum atomic E-state index is 13.5. The lowest BCUT2D eigenvalue weighted by Crippen LogP contribution is -2.38. The Morgan fingerprint density at radius 1 is 1.47 bits per heavy atom. The van der Waals surface area contributed by atoms with Crippen LogP contribution in [0.15, 0.2) is 18.2 Å². The zero-order chi connectivity index (χ0) is 14.4. The molecule has 0 amide bonds. The zero-order valence-electron chi connectivity index (χ0n) is 11.4. The Bertz CT molecular complexity index is 457. The van der Waals surface area contributed by atoms with Crippen molar-refractivity contribution < 1.29 is 9.50 Å². The van der Waals surface area contributed by atoms with E-state index in [4.69, 9.17) is 5.26 Å². The third kappa shape index (κ3) is 4.20. The Kier molecular flexibility index (Phi) is 6.29. The molecule has 0 saturated carbocycles. The first-order valence-corrected chi connectivity index (χ1v) is 7.41. The normalized spacial score (nSPS) is 15.6. The van der Waals surface area contributed by atoms with E-state index in [1.165, 1.54) is 12.1 Å². The average molecular weight is 282 g/mol. The van der Waals surface area contributed by atoms with Gasteiger partial charge in [0.15, 0.2) is 0 Å². The predicted octanol–water partition coefficient (Wildman–Crippen LogP) is 2.46. The monoisotopic (exact) mass is 282 g/mol. The first-order valence-electron chi connectivity index (χ1n) is 6.12. The first-order chi connectivity index (χ1) is 9.03. The van der Waals surface area contributed by atoms with Gasteiger partial charge in [0.25, 0.3) is 0 Å². The van der Waals surface area contributed by atoms with Gasteiger partial charge in [-0.25, -0.2) is 4.39 Å². The zero-order valence-corrected chi connectivity index (χ0v) is 12.2. The van der Waals surface area contributed by atoms with Crippen LogP contribution in [0.4, 0.5) is 4.39 Å². The fraction of sp³-hybridized carbons (Fsp3) is 0.500. The molecule has 0 bridgehead atoms. The van der Waals surface area contributed by atoms with Crippen LogP contribution in [0, 0.1) is 17.1 Å². The molecule has 104 valence electrons. The maximum absolute atomic E-state index is 13.5. The number of nitriles is 1. The van der Waals surface area contributed by atoms with Gasteiger partial charge in [0.1, 0.15) is 11.9 Å². The van der Waals surface area contributed by atoms with Crippen molar-refractivity contribution in [1.82, 2.24) is 5.32 Å². The van der Waals surface area contributed by atoms with E-state index in [0.717, 1.165) is 5.56 Å². The summed E-state index contributed by atoms with van der Waals surface area (Å²) in [5, 5.41) is 21.4. The number of hydrogen-bond acceptors (Lipinski definition) is 4. The SMILES string of the molecule is CSC(CO)C(C)NC(C)c1ccc(C#N)c(F)c1. The molecule has 0 heterocycles. The van der Waals surface area contributed by atoms with Crippen LogP contribution in [0.2, 0.25) is 0 Å². The minimum atomic E-state index is -0.495. The van der Waals surface area contributed by atoms with Crippen molar-refractivity contribution in [2.45, 2.75) is 31.2 Å². The minimum Gasteiger partial charge on any atom is -0.395 e. The van der Waals surface area contributed by atoms with Crippen LogP contribution in [0.5, 0.6) is 0 Å². The number of rotatable bonds is 6. The number of aliphatic hydroxyl groups excluding tert-OH is 1. The molecule has 2 N–H and O–H groups in total. The van der Waals surface area contributed by atoms with Crippen LogP contribution < -0.4 is 5.32 Å². The highest BCUT2D eigenvalue weighted by Crippen LogP contribution is 2.19. The largest absolute Gasteiger partial charge is 0.395 e. The van der Waals surface area contributed by atoms with Crippen LogP contribution in [0.25, 0.3) is 0 Å². The highest BCUT2D eigenvalue weighted by Gasteiger charge is 2.18. The number of aliphatic hydroxyl groups is 1. The van der Waals surface area contributed by atoms with Crippen LogP contribution in [-0.4, -0.2) is 29.3 Å². The fourth-order valence-corrected chi connectivity index (χ4v) is 2.56. The van der Waals surface area contributed by atoms with Gasteiger partial charge in [0.2, 0.25) is 0 Å². The summed E-state index contributed by atoms with van der Waals surface area (Å²) in [7, 11) is 0. The van der Waals surface area contributed by atoms with E-state index in [9.17, 15) is 9.50 Å². The second-order valence-electron chi connectivity index (χ2n) is 4.48. The molecule has 1 aromatic rings. The van der Waals surface area contributed by atoms with E-state index in [1.54, 1.807) is 23.9 Å². The minimum absolute atomic E-state index is 0.0431. The molecule has 0 spiro atoms. The topological polar surface area (TPSA) is 56.0 Å². The molecule has 0 fully saturated rings. The third-order valence-corrected chi connectivity index (χ3v) is 4.33. The second-order valence-corrected chi connectivity index (χ2v) is 5.56. The lowest BCUT2D eigenvalue weighted by molar-refractivity contribution is 0.271. The number of nitrogens with zero attached hydrogens (tertiary/aromatic N) is 1. The third-order valence-electron chi connectivity index (χ3n) is 3.17. The smallest absolute Gasteiger partial charge is 0.141 e. The van der Waals surface area contributed by atoms with Crippen LogP contribution in [-0.2, 0) is 0 Å². The Balaban J connectivity index is 2.76. The van der Waals surface area contributed by atoms with Crippen molar-refractivity contribution >= 4 is 11.8 Å². The standard InChI is InChI=1S/C14H19FN2OS/c1-9(17-10(2)14(8-18)19-3)11-4-5-12(7-16)13(15)6-11/h4-6,9-10,14,17-18H,8H2,1-3H3. The van der Waals surface area contributed by atoms with E-state index in [0.29, 0.717) is 0 Å². The summed E-state index contributed by atoms with van der Waals surface area (Å²) in [6.45, 7) is 4.03. The van der Waals surface area contributed by atoms with Crippen LogP contribution >= 0.6 is 11.8 Å². The van der Waals surface area contributed by atoms with Gasteiger partial charge in [0, 0.05) is 17.3 Å². The Hall–Kier alpha value is -1.09. The molecular formula is C14H19FN2OS. The van der Waals surface area contributed by atoms with Gasteiger partial charge in [-0.3, -0.25) is 0 Å². The Morgan fingerprint density at radius 2 is 2.16 bits per heavy atom. The molecule has 3 unspecified atom stereocenters. The summed E-state index contributed by atoms with van der Waals surface area (Å²) < 4.78 is 13.5. The second kappa shape index (κ2) is 7.49. The lowest BCUT2D eigenvalue weighted by Gasteiger charge is -2.25. The average Bonchev–Trinajstić information content (AvgIpc) is 2.39. The van der Waals surface area contributed by atoms with Crippen molar-refractivity contribution in [3.05, 3.63) is 35.1 Å². The van der Waals surface area contributed by atoms with Gasteiger partial charge in [-0.2, -0.15) is 17.0 Å². The molecule has 3 atom stereocenters. The van der Waals surface area contributed by atoms with Gasteiger partial charge in [-0.1, -0.05) is 6.07 Å². The van der Waals surface area contributed by atoms with Gasteiger partial charge in [-0.15, -0.1) is 0 Å². The van der Waals surface area contributed by atoms with E-state index in [2.05, 4.69) is 5.32 Å². The number of benzene rings is 1. The summed E-state index contributed by atoms with van der Waals surface area (Å²) in [6, 6.07) is 6.49. The summed E-state index contributed by atoms with van der Waals surface area (Å²) in [5.41, 5.74) is 0.850. The van der Waals surface area contributed by atoms with E-state index in [-0.39, 0.29) is 29.5 Å². The molecule has 5 heteroatoms. The molecule has 0 aliphatic carbocycles. The predicted molar refractivity (Wildman–Crippen MR) is 76.5 cm³/mol. The highest BCUT2D eigenvalue weighted by atomic mass is 32.2. The van der Waals surface area contributed by atoms with Crippen molar-refractivity contribution in [2.75, 3.05) is 12.9 Å². The molecular weight excluding hydrogens is 263 g/mol. The van der Waals surface area contributed by atoms with E-state index < -0.39 is 5.82 Å². The number of nitrogens with one attached hydrogen (secondary N) is 1. The fourth-order valence-electron chi connectivity index (χ4n) is 1.93. The van der Waals surface area contributed by atoms with Gasteiger partial charge >= 0.3 is 0 Å². The quantitative estimate of drug-likeness (QED) is 0.841. The highest BCUT2D eigenvalue weighted by molar-refractivity contribution is 7.99. The number of halogens is 1. The molecule has 0 saturated heterocycles. The number of hydrogen-bond donors (Lipinski definition) is 2. The lowest BCUT2D eigenvalue weighted by atomic mass is 10.0. The summed E-state index contributed by atoms with van der Waals surface area (Å²) in [4.78, 5) is 0. The Morgan fingerprint density at radius 3 is 2.63 bits per heavy atom. The molecule has 1 aromatic carbocycles. The Labute approximate surface area is 117 Å². The van der Waals surface area contributed by atoms with Crippen molar-refractivity contribution in [2.24, 2.45) is 0 Å². The summed E-state index contributed by atoms with van der Waals surface area (Å²) >= 11 is 1.59. The molecule has 1 rings (SSSR count).